The molecule has 1 unspecified atom stereocenters. The molecule has 0 saturated carbocycles. The number of nitrogens with zero attached hydrogens (tertiary/aromatic N) is 5. The Bertz CT molecular complexity index is 583. The topological polar surface area (TPSA) is 93.8 Å². The Balaban J connectivity index is 2.19. The summed E-state index contributed by atoms with van der Waals surface area (Å²) in [6, 6.07) is 3.84. The van der Waals surface area contributed by atoms with Crippen molar-refractivity contribution >= 4 is 5.97 Å². The van der Waals surface area contributed by atoms with Crippen LogP contribution in [0.2, 0.25) is 0 Å². The van der Waals surface area contributed by atoms with E-state index in [4.69, 9.17) is 0 Å². The van der Waals surface area contributed by atoms with Crippen molar-refractivity contribution < 1.29 is 9.90 Å². The lowest BCUT2D eigenvalue weighted by molar-refractivity contribution is -0.147. The molecule has 7 nitrogen and oxygen atoms in total. The van der Waals surface area contributed by atoms with Crippen LogP contribution in [0.5, 0.6) is 0 Å². The van der Waals surface area contributed by atoms with E-state index in [1.165, 1.54) is 4.68 Å². The molecular weight excluding hydrogens is 258 g/mol. The highest BCUT2D eigenvalue weighted by Gasteiger charge is 2.36. The van der Waals surface area contributed by atoms with E-state index in [-0.39, 0.29) is 0 Å². The smallest absolute Gasteiger partial charge is 0.331 e. The van der Waals surface area contributed by atoms with Crippen molar-refractivity contribution in [3.63, 3.8) is 0 Å². The standard InChI is InChI=1S/C13H17N5O2/c1-3-13(2,12(19)20)18-11(15-16-17-18)7-6-10-5-4-8-14-9-10/h4-5,8-9H,3,6-7H2,1-2H3,(H,19,20). The van der Waals surface area contributed by atoms with Gasteiger partial charge in [0.1, 0.15) is 0 Å². The van der Waals surface area contributed by atoms with Gasteiger partial charge in [0.15, 0.2) is 11.4 Å². The van der Waals surface area contributed by atoms with Crippen molar-refractivity contribution in [2.24, 2.45) is 0 Å². The van der Waals surface area contributed by atoms with E-state index in [1.807, 2.05) is 12.1 Å². The highest BCUT2D eigenvalue weighted by Crippen LogP contribution is 2.21. The fraction of sp³-hybridized carbons (Fsp3) is 0.462. The normalized spacial score (nSPS) is 13.9. The zero-order valence-corrected chi connectivity index (χ0v) is 11.5. The van der Waals surface area contributed by atoms with Gasteiger partial charge in [-0.05, 0) is 41.8 Å². The van der Waals surface area contributed by atoms with Gasteiger partial charge in [-0.3, -0.25) is 4.98 Å². The lowest BCUT2D eigenvalue weighted by Crippen LogP contribution is -2.40. The zero-order valence-electron chi connectivity index (χ0n) is 11.5. The van der Waals surface area contributed by atoms with Gasteiger partial charge in [-0.25, -0.2) is 9.48 Å². The molecule has 7 heteroatoms. The Labute approximate surface area is 116 Å². The van der Waals surface area contributed by atoms with Crippen LogP contribution in [-0.4, -0.2) is 36.3 Å². The quantitative estimate of drug-likeness (QED) is 0.847. The van der Waals surface area contributed by atoms with Crippen molar-refractivity contribution in [1.82, 2.24) is 25.2 Å². The van der Waals surface area contributed by atoms with Crippen molar-refractivity contribution in [3.8, 4) is 0 Å². The molecule has 0 aliphatic heterocycles. The zero-order chi connectivity index (χ0) is 14.6. The highest BCUT2D eigenvalue weighted by molar-refractivity contribution is 5.76. The first kappa shape index (κ1) is 14.1. The van der Waals surface area contributed by atoms with Crippen molar-refractivity contribution in [2.45, 2.75) is 38.6 Å². The molecule has 0 saturated heterocycles. The van der Waals surface area contributed by atoms with Gasteiger partial charge >= 0.3 is 5.97 Å². The molecule has 0 fully saturated rings. The Morgan fingerprint density at radius 3 is 2.85 bits per heavy atom. The van der Waals surface area contributed by atoms with Gasteiger partial charge in [-0.2, -0.15) is 0 Å². The minimum Gasteiger partial charge on any atom is -0.479 e. The molecule has 1 atom stereocenters. The summed E-state index contributed by atoms with van der Waals surface area (Å²) in [4.78, 5) is 15.5. The molecule has 106 valence electrons. The van der Waals surface area contributed by atoms with Gasteiger partial charge in [0.05, 0.1) is 0 Å². The van der Waals surface area contributed by atoms with Gasteiger partial charge in [-0.15, -0.1) is 5.10 Å². The van der Waals surface area contributed by atoms with E-state index in [0.717, 1.165) is 5.56 Å². The number of pyridine rings is 1. The largest absolute Gasteiger partial charge is 0.479 e. The van der Waals surface area contributed by atoms with Crippen molar-refractivity contribution in [3.05, 3.63) is 35.9 Å². The summed E-state index contributed by atoms with van der Waals surface area (Å²) in [6.45, 7) is 3.43. The maximum Gasteiger partial charge on any atom is 0.331 e. The van der Waals surface area contributed by atoms with Crippen LogP contribution in [0.3, 0.4) is 0 Å². The first-order valence-electron chi connectivity index (χ1n) is 6.48. The first-order valence-corrected chi connectivity index (χ1v) is 6.48. The average molecular weight is 275 g/mol. The van der Waals surface area contributed by atoms with Crippen LogP contribution in [0.25, 0.3) is 0 Å². The molecule has 0 bridgehead atoms. The Hall–Kier alpha value is -2.31. The van der Waals surface area contributed by atoms with Crippen LogP contribution in [0, 0.1) is 0 Å². The van der Waals surface area contributed by atoms with Crippen LogP contribution in [0.4, 0.5) is 0 Å². The summed E-state index contributed by atoms with van der Waals surface area (Å²) in [7, 11) is 0. The Morgan fingerprint density at radius 1 is 1.45 bits per heavy atom. The molecule has 2 rings (SSSR count). The SMILES string of the molecule is CCC(C)(C(=O)O)n1nnnc1CCc1cccnc1. The van der Waals surface area contributed by atoms with E-state index in [0.29, 0.717) is 25.1 Å². The number of tetrazole rings is 1. The predicted molar refractivity (Wildman–Crippen MR) is 71.0 cm³/mol. The fourth-order valence-electron chi connectivity index (χ4n) is 1.94. The van der Waals surface area contributed by atoms with E-state index in [2.05, 4.69) is 20.5 Å². The molecule has 0 aliphatic carbocycles. The fourth-order valence-corrected chi connectivity index (χ4v) is 1.94. The summed E-state index contributed by atoms with van der Waals surface area (Å²) >= 11 is 0. The summed E-state index contributed by atoms with van der Waals surface area (Å²) in [5.74, 6) is -0.365. The predicted octanol–water partition coefficient (Wildman–Crippen LogP) is 1.06. The van der Waals surface area contributed by atoms with E-state index >= 15 is 0 Å². The summed E-state index contributed by atoms with van der Waals surface area (Å²) < 4.78 is 1.41. The maximum absolute atomic E-state index is 11.5. The maximum atomic E-state index is 11.5. The molecule has 2 heterocycles. The molecule has 0 radical (unpaired) electrons. The number of aliphatic carboxylic acids is 1. The van der Waals surface area contributed by atoms with Gasteiger partial charge in [0, 0.05) is 18.8 Å². The Morgan fingerprint density at radius 2 is 2.25 bits per heavy atom. The van der Waals surface area contributed by atoms with Crippen LogP contribution >= 0.6 is 0 Å². The number of hydrogen-bond donors (Lipinski definition) is 1. The number of carbonyl (C=O) groups is 1. The lowest BCUT2D eigenvalue weighted by Gasteiger charge is -2.23. The third-order valence-electron chi connectivity index (χ3n) is 3.51. The summed E-state index contributed by atoms with van der Waals surface area (Å²) in [5.41, 5.74) is -0.0519. The number of carboxylic acids is 1. The minimum atomic E-state index is -1.12. The molecule has 2 aromatic rings. The number of aromatic nitrogens is 5. The lowest BCUT2D eigenvalue weighted by atomic mass is 9.99. The third kappa shape index (κ3) is 2.66. The van der Waals surface area contributed by atoms with Crippen LogP contribution in [-0.2, 0) is 23.2 Å². The molecule has 20 heavy (non-hydrogen) atoms. The number of aryl methyl sites for hydroxylation is 2. The summed E-state index contributed by atoms with van der Waals surface area (Å²) in [5, 5.41) is 20.8. The molecule has 0 spiro atoms. The van der Waals surface area contributed by atoms with Gasteiger partial charge in [0.2, 0.25) is 0 Å². The monoisotopic (exact) mass is 275 g/mol. The first-order chi connectivity index (χ1) is 9.58. The second-order valence-electron chi connectivity index (χ2n) is 4.80. The number of hydrogen-bond acceptors (Lipinski definition) is 5. The molecule has 2 aromatic heterocycles. The molecule has 1 N–H and O–H groups in total. The van der Waals surface area contributed by atoms with Crippen LogP contribution < -0.4 is 0 Å². The molecule has 0 amide bonds. The second kappa shape index (κ2) is 5.77. The van der Waals surface area contributed by atoms with Crippen LogP contribution in [0.1, 0.15) is 31.7 Å². The van der Waals surface area contributed by atoms with Gasteiger partial charge in [-0.1, -0.05) is 13.0 Å². The molecular formula is C13H17N5O2. The van der Waals surface area contributed by atoms with Crippen molar-refractivity contribution in [1.29, 1.82) is 0 Å². The van der Waals surface area contributed by atoms with Gasteiger partial charge in [0.25, 0.3) is 0 Å². The summed E-state index contributed by atoms with van der Waals surface area (Å²) in [6.07, 6.45) is 5.19. The van der Waals surface area contributed by atoms with E-state index in [1.54, 1.807) is 26.2 Å². The molecule has 0 aliphatic rings. The van der Waals surface area contributed by atoms with Crippen LogP contribution in [0.15, 0.2) is 24.5 Å². The molecule has 0 aromatic carbocycles. The number of carboxylic acid groups (broad SMARTS) is 1. The third-order valence-corrected chi connectivity index (χ3v) is 3.51. The average Bonchev–Trinajstić information content (AvgIpc) is 2.94. The number of rotatable bonds is 6. The van der Waals surface area contributed by atoms with E-state index in [9.17, 15) is 9.90 Å². The Kier molecular flexibility index (Phi) is 4.07. The van der Waals surface area contributed by atoms with E-state index < -0.39 is 11.5 Å². The van der Waals surface area contributed by atoms with Crippen molar-refractivity contribution in [2.75, 3.05) is 0 Å². The highest BCUT2D eigenvalue weighted by atomic mass is 16.4. The minimum absolute atomic E-state index is 0.410. The second-order valence-corrected chi connectivity index (χ2v) is 4.80. The van der Waals surface area contributed by atoms with Gasteiger partial charge < -0.3 is 5.11 Å².